The molecule has 1 aliphatic rings. The third kappa shape index (κ3) is 2.61. The van der Waals surface area contributed by atoms with Crippen LogP contribution in [0.1, 0.15) is 11.1 Å². The van der Waals surface area contributed by atoms with Gasteiger partial charge >= 0.3 is 5.97 Å². The summed E-state index contributed by atoms with van der Waals surface area (Å²) in [4.78, 5) is 12.0. The SMILES string of the molecule is O=C1OCC(Cc2ccc(O)cc2)=C1c1ccc(O)c(O)c1. The van der Waals surface area contributed by atoms with Crippen LogP contribution in [0.15, 0.2) is 48.0 Å². The van der Waals surface area contributed by atoms with E-state index in [1.54, 1.807) is 30.3 Å². The molecule has 0 aliphatic carbocycles. The average Bonchev–Trinajstić information content (AvgIpc) is 2.85. The second-order valence-electron chi connectivity index (χ2n) is 5.10. The molecule has 0 radical (unpaired) electrons. The fourth-order valence-corrected chi connectivity index (χ4v) is 2.44. The molecule has 0 saturated carbocycles. The van der Waals surface area contributed by atoms with Crippen molar-refractivity contribution in [3.63, 3.8) is 0 Å². The molecule has 0 atom stereocenters. The quantitative estimate of drug-likeness (QED) is 0.598. The summed E-state index contributed by atoms with van der Waals surface area (Å²) in [6.07, 6.45) is 0.503. The van der Waals surface area contributed by atoms with E-state index in [1.807, 2.05) is 0 Å². The standard InChI is InChI=1S/C17H14O5/c18-13-4-1-10(2-5-13)7-12-9-22-17(21)16(12)11-3-6-14(19)15(20)8-11/h1-6,8,18-20H,7,9H2. The van der Waals surface area contributed by atoms with Gasteiger partial charge < -0.3 is 20.1 Å². The minimum absolute atomic E-state index is 0.181. The molecule has 2 aromatic rings. The molecule has 0 bridgehead atoms. The summed E-state index contributed by atoms with van der Waals surface area (Å²) in [5, 5.41) is 28.3. The van der Waals surface area contributed by atoms with Crippen molar-refractivity contribution in [2.45, 2.75) is 6.42 Å². The number of carbonyl (C=O) groups is 1. The lowest BCUT2D eigenvalue weighted by Gasteiger charge is -2.06. The molecule has 22 heavy (non-hydrogen) atoms. The maximum absolute atomic E-state index is 12.0. The first-order valence-electron chi connectivity index (χ1n) is 6.74. The van der Waals surface area contributed by atoms with Crippen molar-refractivity contribution < 1.29 is 24.9 Å². The Hall–Kier alpha value is -2.95. The van der Waals surface area contributed by atoms with E-state index >= 15 is 0 Å². The third-order valence-electron chi connectivity index (χ3n) is 3.55. The van der Waals surface area contributed by atoms with Crippen LogP contribution in [0.3, 0.4) is 0 Å². The van der Waals surface area contributed by atoms with Crippen molar-refractivity contribution >= 4 is 11.5 Å². The highest BCUT2D eigenvalue weighted by Crippen LogP contribution is 2.33. The summed E-state index contributed by atoms with van der Waals surface area (Å²) in [6, 6.07) is 11.0. The number of ether oxygens (including phenoxy) is 1. The van der Waals surface area contributed by atoms with E-state index in [9.17, 15) is 20.1 Å². The van der Waals surface area contributed by atoms with E-state index in [0.29, 0.717) is 17.6 Å². The average molecular weight is 298 g/mol. The molecule has 0 spiro atoms. The Bertz CT molecular complexity index is 759. The van der Waals surface area contributed by atoms with Gasteiger partial charge in [-0.05, 0) is 47.4 Å². The second kappa shape index (κ2) is 5.44. The monoisotopic (exact) mass is 298 g/mol. The number of hydrogen-bond acceptors (Lipinski definition) is 5. The van der Waals surface area contributed by atoms with Crippen LogP contribution in [-0.4, -0.2) is 27.9 Å². The van der Waals surface area contributed by atoms with Gasteiger partial charge in [0.2, 0.25) is 0 Å². The van der Waals surface area contributed by atoms with Crippen LogP contribution < -0.4 is 0 Å². The number of rotatable bonds is 3. The number of phenols is 3. The molecule has 1 heterocycles. The molecule has 5 nitrogen and oxygen atoms in total. The van der Waals surface area contributed by atoms with E-state index in [1.165, 1.54) is 12.1 Å². The van der Waals surface area contributed by atoms with Gasteiger partial charge in [0.05, 0.1) is 5.57 Å². The number of hydrogen-bond donors (Lipinski definition) is 3. The second-order valence-corrected chi connectivity index (χ2v) is 5.10. The van der Waals surface area contributed by atoms with E-state index in [0.717, 1.165) is 11.1 Å². The summed E-state index contributed by atoms with van der Waals surface area (Å²) in [7, 11) is 0. The summed E-state index contributed by atoms with van der Waals surface area (Å²) in [5.74, 6) is -0.788. The van der Waals surface area contributed by atoms with E-state index in [2.05, 4.69) is 0 Å². The Morgan fingerprint density at radius 1 is 0.955 bits per heavy atom. The summed E-state index contributed by atoms with van der Waals surface area (Å²) < 4.78 is 5.09. The van der Waals surface area contributed by atoms with Gasteiger partial charge in [0.15, 0.2) is 11.5 Å². The molecule has 3 rings (SSSR count). The minimum Gasteiger partial charge on any atom is -0.508 e. The summed E-state index contributed by atoms with van der Waals surface area (Å²) in [6.45, 7) is 0.191. The first-order valence-corrected chi connectivity index (χ1v) is 6.74. The van der Waals surface area contributed by atoms with Gasteiger partial charge in [0.25, 0.3) is 0 Å². The van der Waals surface area contributed by atoms with Crippen molar-refractivity contribution in [1.82, 2.24) is 0 Å². The predicted octanol–water partition coefficient (Wildman–Crippen LogP) is 2.36. The lowest BCUT2D eigenvalue weighted by molar-refractivity contribution is -0.134. The predicted molar refractivity (Wildman–Crippen MR) is 79.5 cm³/mol. The molecule has 5 heteroatoms. The number of aromatic hydroxyl groups is 3. The molecular formula is C17H14O5. The molecule has 112 valence electrons. The number of phenolic OH excluding ortho intramolecular Hbond substituents is 3. The summed E-state index contributed by atoms with van der Waals surface area (Å²) in [5.41, 5.74) is 2.64. The number of esters is 1. The van der Waals surface area contributed by atoms with Crippen molar-refractivity contribution in [2.75, 3.05) is 6.61 Å². The van der Waals surface area contributed by atoms with E-state index < -0.39 is 5.97 Å². The number of carbonyl (C=O) groups excluding carboxylic acids is 1. The van der Waals surface area contributed by atoms with Gasteiger partial charge in [-0.25, -0.2) is 4.79 Å². The van der Waals surface area contributed by atoms with Gasteiger partial charge in [-0.1, -0.05) is 18.2 Å². The van der Waals surface area contributed by atoms with Gasteiger partial charge in [0, 0.05) is 0 Å². The molecule has 0 saturated heterocycles. The largest absolute Gasteiger partial charge is 0.508 e. The van der Waals surface area contributed by atoms with Gasteiger partial charge in [0.1, 0.15) is 12.4 Å². The Morgan fingerprint density at radius 3 is 2.36 bits per heavy atom. The molecule has 0 unspecified atom stereocenters. The zero-order valence-electron chi connectivity index (χ0n) is 11.6. The molecule has 2 aromatic carbocycles. The fourth-order valence-electron chi connectivity index (χ4n) is 2.44. The lowest BCUT2D eigenvalue weighted by Crippen LogP contribution is -1.98. The van der Waals surface area contributed by atoms with Gasteiger partial charge in [-0.2, -0.15) is 0 Å². The highest BCUT2D eigenvalue weighted by atomic mass is 16.5. The van der Waals surface area contributed by atoms with Crippen molar-refractivity contribution in [3.8, 4) is 17.2 Å². The van der Waals surface area contributed by atoms with Crippen molar-refractivity contribution in [3.05, 3.63) is 59.2 Å². The molecule has 3 N–H and O–H groups in total. The van der Waals surface area contributed by atoms with E-state index in [-0.39, 0.29) is 23.9 Å². The lowest BCUT2D eigenvalue weighted by atomic mass is 9.96. The first-order chi connectivity index (χ1) is 10.5. The van der Waals surface area contributed by atoms with Crippen LogP contribution in [0.25, 0.3) is 5.57 Å². The molecule has 0 amide bonds. The van der Waals surface area contributed by atoms with Gasteiger partial charge in [-0.15, -0.1) is 0 Å². The highest BCUT2D eigenvalue weighted by molar-refractivity contribution is 6.19. The van der Waals surface area contributed by atoms with Crippen LogP contribution >= 0.6 is 0 Å². The van der Waals surface area contributed by atoms with Crippen molar-refractivity contribution in [2.24, 2.45) is 0 Å². The van der Waals surface area contributed by atoms with Crippen LogP contribution in [-0.2, 0) is 16.0 Å². The maximum atomic E-state index is 12.0. The minimum atomic E-state index is -0.445. The Labute approximate surface area is 126 Å². The third-order valence-corrected chi connectivity index (χ3v) is 3.55. The van der Waals surface area contributed by atoms with Crippen molar-refractivity contribution in [1.29, 1.82) is 0 Å². The fraction of sp³-hybridized carbons (Fsp3) is 0.118. The first kappa shape index (κ1) is 14.0. The Kier molecular flexibility index (Phi) is 3.47. The zero-order valence-corrected chi connectivity index (χ0v) is 11.6. The number of cyclic esters (lactones) is 1. The topological polar surface area (TPSA) is 87.0 Å². The maximum Gasteiger partial charge on any atom is 0.339 e. The van der Waals surface area contributed by atoms with E-state index in [4.69, 9.17) is 4.74 Å². The number of benzene rings is 2. The molecular weight excluding hydrogens is 284 g/mol. The van der Waals surface area contributed by atoms with Crippen LogP contribution in [0.5, 0.6) is 17.2 Å². The molecule has 1 aliphatic heterocycles. The normalized spacial score (nSPS) is 14.3. The highest BCUT2D eigenvalue weighted by Gasteiger charge is 2.26. The van der Waals surface area contributed by atoms with Crippen LogP contribution in [0, 0.1) is 0 Å². The van der Waals surface area contributed by atoms with Crippen LogP contribution in [0.2, 0.25) is 0 Å². The Morgan fingerprint density at radius 2 is 1.68 bits per heavy atom. The molecule has 0 aromatic heterocycles. The molecule has 0 fully saturated rings. The van der Waals surface area contributed by atoms with Gasteiger partial charge in [-0.3, -0.25) is 0 Å². The smallest absolute Gasteiger partial charge is 0.339 e. The zero-order chi connectivity index (χ0) is 15.7. The van der Waals surface area contributed by atoms with Crippen LogP contribution in [0.4, 0.5) is 0 Å². The Balaban J connectivity index is 1.98. The summed E-state index contributed by atoms with van der Waals surface area (Å²) >= 11 is 0.